The van der Waals surface area contributed by atoms with Crippen LogP contribution in [0.4, 0.5) is 13.2 Å². The number of alkyl halides is 3. The fourth-order valence-corrected chi connectivity index (χ4v) is 1.66. The van der Waals surface area contributed by atoms with Crippen molar-refractivity contribution >= 4 is 0 Å². The minimum Gasteiger partial charge on any atom is -0.406 e. The number of nitrogens with one attached hydrogen (secondary N) is 1. The molecule has 0 fully saturated rings. The molecular weight excluding hydrogens is 285 g/mol. The van der Waals surface area contributed by atoms with Gasteiger partial charge in [-0.05, 0) is 24.3 Å². The van der Waals surface area contributed by atoms with Crippen LogP contribution in [-0.2, 0) is 6.54 Å². The van der Waals surface area contributed by atoms with Crippen molar-refractivity contribution < 1.29 is 22.4 Å². The summed E-state index contributed by atoms with van der Waals surface area (Å²) in [5.74, 6) is 0.224. The number of halogens is 3. The van der Waals surface area contributed by atoms with Crippen molar-refractivity contribution in [3.05, 3.63) is 36.0 Å². The lowest BCUT2D eigenvalue weighted by molar-refractivity contribution is -0.274. The monoisotopic (exact) mass is 300 g/mol. The third-order valence-corrected chi connectivity index (χ3v) is 2.62. The third kappa shape index (κ3) is 4.78. The van der Waals surface area contributed by atoms with Crippen LogP contribution in [0.1, 0.15) is 19.5 Å². The van der Waals surface area contributed by atoms with Crippen LogP contribution in [0.2, 0.25) is 0 Å². The van der Waals surface area contributed by atoms with E-state index in [2.05, 4.69) is 15.2 Å². The molecule has 0 radical (unpaired) electrons. The molecule has 7 heteroatoms. The third-order valence-electron chi connectivity index (χ3n) is 2.62. The molecule has 0 atom stereocenters. The van der Waals surface area contributed by atoms with Gasteiger partial charge in [0.2, 0.25) is 0 Å². The topological polar surface area (TPSA) is 47.3 Å². The van der Waals surface area contributed by atoms with Gasteiger partial charge < -0.3 is 14.6 Å². The van der Waals surface area contributed by atoms with Gasteiger partial charge in [-0.1, -0.05) is 19.0 Å². The van der Waals surface area contributed by atoms with E-state index in [0.29, 0.717) is 23.9 Å². The summed E-state index contributed by atoms with van der Waals surface area (Å²) in [5, 5.41) is 7.09. The number of benzene rings is 1. The van der Waals surface area contributed by atoms with E-state index in [4.69, 9.17) is 4.52 Å². The van der Waals surface area contributed by atoms with Crippen LogP contribution < -0.4 is 10.1 Å². The molecule has 0 spiro atoms. The van der Waals surface area contributed by atoms with E-state index in [1.54, 1.807) is 6.07 Å². The Hall–Kier alpha value is -2.02. The summed E-state index contributed by atoms with van der Waals surface area (Å²) in [6.07, 6.45) is -4.69. The molecule has 1 aromatic heterocycles. The number of nitrogens with zero attached hydrogens (tertiary/aromatic N) is 1. The van der Waals surface area contributed by atoms with Crippen molar-refractivity contribution in [1.29, 1.82) is 0 Å². The van der Waals surface area contributed by atoms with Gasteiger partial charge in [-0.3, -0.25) is 0 Å². The van der Waals surface area contributed by atoms with Crippen molar-refractivity contribution in [3.63, 3.8) is 0 Å². The van der Waals surface area contributed by atoms with Crippen LogP contribution >= 0.6 is 0 Å². The van der Waals surface area contributed by atoms with Crippen LogP contribution in [0.3, 0.4) is 0 Å². The molecule has 4 nitrogen and oxygen atoms in total. The Balaban J connectivity index is 2.05. The van der Waals surface area contributed by atoms with E-state index >= 15 is 0 Å². The van der Waals surface area contributed by atoms with Crippen molar-refractivity contribution in [2.75, 3.05) is 0 Å². The number of aromatic nitrogens is 1. The molecule has 0 aliphatic carbocycles. The zero-order chi connectivity index (χ0) is 15.5. The van der Waals surface area contributed by atoms with E-state index in [1.165, 1.54) is 24.3 Å². The van der Waals surface area contributed by atoms with Crippen molar-refractivity contribution in [3.8, 4) is 17.1 Å². The van der Waals surface area contributed by atoms with E-state index in [1.807, 2.05) is 13.8 Å². The largest absolute Gasteiger partial charge is 0.573 e. The van der Waals surface area contributed by atoms with Gasteiger partial charge in [0.15, 0.2) is 5.76 Å². The quantitative estimate of drug-likeness (QED) is 0.914. The second kappa shape index (κ2) is 6.17. The molecule has 1 heterocycles. The average Bonchev–Trinajstić information content (AvgIpc) is 2.84. The van der Waals surface area contributed by atoms with Gasteiger partial charge in [-0.2, -0.15) is 0 Å². The van der Waals surface area contributed by atoms with Gasteiger partial charge in [-0.15, -0.1) is 13.2 Å². The van der Waals surface area contributed by atoms with Gasteiger partial charge in [-0.25, -0.2) is 0 Å². The van der Waals surface area contributed by atoms with Crippen LogP contribution in [0, 0.1) is 0 Å². The first kappa shape index (κ1) is 15.4. The molecule has 0 amide bonds. The van der Waals surface area contributed by atoms with Crippen LogP contribution in [0.15, 0.2) is 34.9 Å². The molecule has 1 N–H and O–H groups in total. The van der Waals surface area contributed by atoms with E-state index < -0.39 is 6.36 Å². The highest BCUT2D eigenvalue weighted by atomic mass is 19.4. The standard InChI is InChI=1S/C14H15F3N2O2/c1-9(2)18-8-11-7-13(21-19-11)10-3-5-12(6-4-10)20-14(15,16)17/h3-7,9,18H,8H2,1-2H3. The van der Waals surface area contributed by atoms with Crippen LogP contribution in [-0.4, -0.2) is 17.6 Å². The van der Waals surface area contributed by atoms with Gasteiger partial charge >= 0.3 is 6.36 Å². The van der Waals surface area contributed by atoms with Crippen molar-refractivity contribution in [2.24, 2.45) is 0 Å². The normalized spacial score (nSPS) is 11.9. The highest BCUT2D eigenvalue weighted by molar-refractivity contribution is 5.58. The zero-order valence-corrected chi connectivity index (χ0v) is 11.6. The maximum atomic E-state index is 12.1. The Kier molecular flexibility index (Phi) is 4.52. The minimum atomic E-state index is -4.69. The fourth-order valence-electron chi connectivity index (χ4n) is 1.66. The Morgan fingerprint density at radius 3 is 2.48 bits per heavy atom. The summed E-state index contributed by atoms with van der Waals surface area (Å²) >= 11 is 0. The molecule has 21 heavy (non-hydrogen) atoms. The fraction of sp³-hybridized carbons (Fsp3) is 0.357. The first-order valence-electron chi connectivity index (χ1n) is 6.38. The Labute approximate surface area is 119 Å². The summed E-state index contributed by atoms with van der Waals surface area (Å²) in [4.78, 5) is 0. The van der Waals surface area contributed by atoms with E-state index in [0.717, 1.165) is 5.69 Å². The molecule has 1 aromatic carbocycles. The summed E-state index contributed by atoms with van der Waals surface area (Å²) in [6, 6.07) is 7.51. The van der Waals surface area contributed by atoms with Gasteiger partial charge in [0.25, 0.3) is 0 Å². The predicted molar refractivity (Wildman–Crippen MR) is 70.6 cm³/mol. The molecule has 0 unspecified atom stereocenters. The van der Waals surface area contributed by atoms with E-state index in [-0.39, 0.29) is 5.75 Å². The molecule has 0 saturated carbocycles. The second-order valence-corrected chi connectivity index (χ2v) is 4.79. The van der Waals surface area contributed by atoms with E-state index in [9.17, 15) is 13.2 Å². The molecule has 0 bridgehead atoms. The summed E-state index contributed by atoms with van der Waals surface area (Å²) < 4.78 is 45.2. The maximum absolute atomic E-state index is 12.1. The van der Waals surface area contributed by atoms with Crippen LogP contribution in [0.5, 0.6) is 5.75 Å². The maximum Gasteiger partial charge on any atom is 0.573 e. The number of hydrogen-bond acceptors (Lipinski definition) is 4. The van der Waals surface area contributed by atoms with Crippen molar-refractivity contribution in [1.82, 2.24) is 10.5 Å². The molecular formula is C14H15F3N2O2. The van der Waals surface area contributed by atoms with Gasteiger partial charge in [0.05, 0.1) is 5.69 Å². The summed E-state index contributed by atoms with van der Waals surface area (Å²) in [6.45, 7) is 4.59. The first-order chi connectivity index (χ1) is 9.83. The lowest BCUT2D eigenvalue weighted by Crippen LogP contribution is -2.21. The Morgan fingerprint density at radius 2 is 1.90 bits per heavy atom. The molecule has 0 aliphatic heterocycles. The first-order valence-corrected chi connectivity index (χ1v) is 6.38. The lowest BCUT2D eigenvalue weighted by Gasteiger charge is -2.08. The summed E-state index contributed by atoms with van der Waals surface area (Å²) in [7, 11) is 0. The highest BCUT2D eigenvalue weighted by Crippen LogP contribution is 2.26. The number of ether oxygens (including phenoxy) is 1. The second-order valence-electron chi connectivity index (χ2n) is 4.79. The smallest absolute Gasteiger partial charge is 0.406 e. The van der Waals surface area contributed by atoms with Crippen LogP contribution in [0.25, 0.3) is 11.3 Å². The average molecular weight is 300 g/mol. The van der Waals surface area contributed by atoms with Gasteiger partial charge in [0, 0.05) is 24.2 Å². The molecule has 0 saturated heterocycles. The predicted octanol–water partition coefficient (Wildman–Crippen LogP) is 3.74. The number of rotatable bonds is 5. The molecule has 2 rings (SSSR count). The number of hydrogen-bond donors (Lipinski definition) is 1. The SMILES string of the molecule is CC(C)NCc1cc(-c2ccc(OC(F)(F)F)cc2)on1. The van der Waals surface area contributed by atoms with Gasteiger partial charge in [0.1, 0.15) is 5.75 Å². The Bertz CT molecular complexity index is 577. The lowest BCUT2D eigenvalue weighted by atomic mass is 10.1. The molecule has 114 valence electrons. The van der Waals surface area contributed by atoms with Crippen molar-refractivity contribution in [2.45, 2.75) is 32.8 Å². The molecule has 2 aromatic rings. The summed E-state index contributed by atoms with van der Waals surface area (Å²) in [5.41, 5.74) is 1.36. The Morgan fingerprint density at radius 1 is 1.24 bits per heavy atom. The molecule has 0 aliphatic rings. The highest BCUT2D eigenvalue weighted by Gasteiger charge is 2.31. The minimum absolute atomic E-state index is 0.271. The zero-order valence-electron chi connectivity index (χ0n) is 11.6.